The van der Waals surface area contributed by atoms with Gasteiger partial charge in [-0.05, 0) is 17.9 Å². The lowest BCUT2D eigenvalue weighted by Crippen LogP contribution is -1.71. The van der Waals surface area contributed by atoms with Crippen LogP contribution < -0.4 is 0 Å². The number of carbonyl (C=O) groups excluding carboxylic acids is 1. The Hall–Kier alpha value is 0.990. The molecule has 2 rings (SSSR count). The van der Waals surface area contributed by atoms with E-state index in [0.717, 1.165) is 11.2 Å². The maximum atomic E-state index is 10.7. The van der Waals surface area contributed by atoms with E-state index in [9.17, 15) is 4.79 Å². The summed E-state index contributed by atoms with van der Waals surface area (Å²) >= 11 is 10.5. The fourth-order valence-electron chi connectivity index (χ4n) is 1.01. The van der Waals surface area contributed by atoms with Gasteiger partial charge in [0.05, 0.1) is 21.9 Å². The van der Waals surface area contributed by atoms with Gasteiger partial charge in [-0.3, -0.25) is 4.79 Å². The molecule has 2 aliphatic heterocycles. The summed E-state index contributed by atoms with van der Waals surface area (Å²) in [6.07, 6.45) is 5.14. The molecule has 0 radical (unpaired) electrons. The second kappa shape index (κ2) is 6.24. The maximum absolute atomic E-state index is 10.7. The highest BCUT2D eigenvalue weighted by Crippen LogP contribution is 2.61. The largest absolute Gasteiger partial charge is 0.297 e. The molecule has 0 saturated carbocycles. The van der Waals surface area contributed by atoms with Gasteiger partial charge in [0.2, 0.25) is 0 Å². The number of aldehydes is 1. The van der Waals surface area contributed by atoms with E-state index in [0.29, 0.717) is 0 Å². The lowest BCUT2D eigenvalue weighted by molar-refractivity contribution is -0.104. The minimum atomic E-state index is 0.817. The van der Waals surface area contributed by atoms with E-state index in [1.807, 2.05) is 28.9 Å². The summed E-state index contributed by atoms with van der Waals surface area (Å²) in [5.41, 5.74) is 0. The van der Waals surface area contributed by atoms with Crippen LogP contribution in [0.4, 0.5) is 0 Å². The van der Waals surface area contributed by atoms with E-state index in [1.54, 1.807) is 47.0 Å². The standard InChI is InChI=1S/C9H8OS6/c1-11-6-7(12-2)16-9(15-6)8-13-4-5(3-10)14-8/h3-4H,1-2H3. The fourth-order valence-corrected chi connectivity index (χ4v) is 8.39. The van der Waals surface area contributed by atoms with Crippen LogP contribution in [0.15, 0.2) is 27.3 Å². The van der Waals surface area contributed by atoms with Gasteiger partial charge in [-0.25, -0.2) is 0 Å². The van der Waals surface area contributed by atoms with Gasteiger partial charge in [-0.1, -0.05) is 47.0 Å². The van der Waals surface area contributed by atoms with Crippen LogP contribution in [-0.2, 0) is 4.79 Å². The van der Waals surface area contributed by atoms with Crippen molar-refractivity contribution in [2.75, 3.05) is 12.5 Å². The summed E-state index contributed by atoms with van der Waals surface area (Å²) in [7, 11) is 0. The van der Waals surface area contributed by atoms with Crippen LogP contribution in [0.5, 0.6) is 0 Å². The first-order valence-electron chi connectivity index (χ1n) is 4.20. The highest BCUT2D eigenvalue weighted by atomic mass is 32.3. The Labute approximate surface area is 120 Å². The summed E-state index contributed by atoms with van der Waals surface area (Å²) in [5.74, 6) is 0. The van der Waals surface area contributed by atoms with Crippen LogP contribution in [-0.4, -0.2) is 18.8 Å². The second-order valence-electron chi connectivity index (χ2n) is 2.62. The zero-order valence-corrected chi connectivity index (χ0v) is 13.4. The zero-order chi connectivity index (χ0) is 11.5. The molecule has 0 unspecified atom stereocenters. The number of hydrogen-bond acceptors (Lipinski definition) is 7. The van der Waals surface area contributed by atoms with E-state index < -0.39 is 0 Å². The van der Waals surface area contributed by atoms with Gasteiger partial charge in [0.25, 0.3) is 0 Å². The molecule has 0 atom stereocenters. The van der Waals surface area contributed by atoms with Gasteiger partial charge in [0.15, 0.2) is 6.29 Å². The Balaban J connectivity index is 2.12. The SMILES string of the molecule is CSC1=C(SC)SC(=C2SC=C(C=O)S2)S1. The lowest BCUT2D eigenvalue weighted by atomic mass is 10.7. The lowest BCUT2D eigenvalue weighted by Gasteiger charge is -2.00. The zero-order valence-electron chi connectivity index (χ0n) is 8.51. The third kappa shape index (κ3) is 2.87. The van der Waals surface area contributed by atoms with Gasteiger partial charge < -0.3 is 0 Å². The molecule has 0 saturated heterocycles. The van der Waals surface area contributed by atoms with Crippen molar-refractivity contribution in [3.8, 4) is 0 Å². The van der Waals surface area contributed by atoms with Gasteiger partial charge in [-0.2, -0.15) is 0 Å². The molecule has 0 N–H and O–H groups in total. The molecule has 0 amide bonds. The fraction of sp³-hybridized carbons (Fsp3) is 0.222. The van der Waals surface area contributed by atoms with Crippen molar-refractivity contribution in [1.29, 1.82) is 0 Å². The van der Waals surface area contributed by atoms with E-state index >= 15 is 0 Å². The Morgan fingerprint density at radius 3 is 2.12 bits per heavy atom. The predicted octanol–water partition coefficient (Wildman–Crippen LogP) is 4.97. The number of rotatable bonds is 3. The Morgan fingerprint density at radius 2 is 1.69 bits per heavy atom. The molecule has 1 nitrogen and oxygen atoms in total. The van der Waals surface area contributed by atoms with Crippen molar-refractivity contribution in [1.82, 2.24) is 0 Å². The van der Waals surface area contributed by atoms with Crippen LogP contribution in [0.1, 0.15) is 0 Å². The first kappa shape index (κ1) is 13.4. The summed E-state index contributed by atoms with van der Waals surface area (Å²) in [6.45, 7) is 0. The first-order valence-corrected chi connectivity index (χ1v) is 9.98. The molecule has 0 aliphatic carbocycles. The molecule has 7 heteroatoms. The normalized spacial score (nSPS) is 20.8. The molecule has 16 heavy (non-hydrogen) atoms. The van der Waals surface area contributed by atoms with E-state index in [1.165, 1.54) is 16.9 Å². The third-order valence-electron chi connectivity index (χ3n) is 1.68. The highest BCUT2D eigenvalue weighted by Gasteiger charge is 2.25. The van der Waals surface area contributed by atoms with Gasteiger partial charge in [0.1, 0.15) is 0 Å². The number of carbonyl (C=O) groups is 1. The van der Waals surface area contributed by atoms with Crippen molar-refractivity contribution < 1.29 is 4.79 Å². The average Bonchev–Trinajstić information content (AvgIpc) is 2.94. The highest BCUT2D eigenvalue weighted by molar-refractivity contribution is 8.42. The topological polar surface area (TPSA) is 17.1 Å². The minimum Gasteiger partial charge on any atom is -0.297 e. The summed E-state index contributed by atoms with van der Waals surface area (Å²) in [4.78, 5) is 11.5. The van der Waals surface area contributed by atoms with E-state index in [-0.39, 0.29) is 0 Å². The molecule has 0 bridgehead atoms. The van der Waals surface area contributed by atoms with Crippen LogP contribution in [0.2, 0.25) is 0 Å². The third-order valence-corrected chi connectivity index (χ3v) is 9.74. The van der Waals surface area contributed by atoms with Crippen LogP contribution >= 0.6 is 70.6 Å². The number of thioether (sulfide) groups is 6. The summed E-state index contributed by atoms with van der Waals surface area (Å²) in [5, 5.41) is 1.93. The first-order chi connectivity index (χ1) is 7.78. The van der Waals surface area contributed by atoms with Gasteiger partial charge >= 0.3 is 0 Å². The van der Waals surface area contributed by atoms with Crippen LogP contribution in [0.25, 0.3) is 0 Å². The Morgan fingerprint density at radius 1 is 1.06 bits per heavy atom. The van der Waals surface area contributed by atoms with Gasteiger partial charge in [-0.15, -0.1) is 23.5 Å². The Kier molecular flexibility index (Phi) is 5.24. The van der Waals surface area contributed by atoms with E-state index in [4.69, 9.17) is 0 Å². The van der Waals surface area contributed by atoms with Crippen molar-refractivity contribution in [3.63, 3.8) is 0 Å². The van der Waals surface area contributed by atoms with Crippen molar-refractivity contribution >= 4 is 76.9 Å². The molecule has 86 valence electrons. The second-order valence-corrected chi connectivity index (χ2v) is 9.29. The quantitative estimate of drug-likeness (QED) is 0.673. The monoisotopic (exact) mass is 324 g/mol. The Bertz CT molecular complexity index is 390. The van der Waals surface area contributed by atoms with Gasteiger partial charge in [0, 0.05) is 0 Å². The van der Waals surface area contributed by atoms with Crippen molar-refractivity contribution in [2.45, 2.75) is 0 Å². The summed E-state index contributed by atoms with van der Waals surface area (Å²) in [6, 6.07) is 0. The summed E-state index contributed by atoms with van der Waals surface area (Å²) < 4.78 is 5.31. The minimum absolute atomic E-state index is 0.817. The smallest absolute Gasteiger partial charge is 0.157 e. The maximum Gasteiger partial charge on any atom is 0.157 e. The van der Waals surface area contributed by atoms with E-state index in [2.05, 4.69) is 12.5 Å². The van der Waals surface area contributed by atoms with Crippen molar-refractivity contribution in [3.05, 3.63) is 27.3 Å². The van der Waals surface area contributed by atoms with Crippen molar-refractivity contribution in [2.24, 2.45) is 0 Å². The number of hydrogen-bond donors (Lipinski definition) is 0. The predicted molar refractivity (Wildman–Crippen MR) is 85.6 cm³/mol. The molecule has 2 heterocycles. The number of allylic oxidation sites excluding steroid dienone is 1. The average molecular weight is 325 g/mol. The molecule has 0 aromatic rings. The molecule has 0 aromatic carbocycles. The van der Waals surface area contributed by atoms with Crippen LogP contribution in [0, 0.1) is 0 Å². The molecular formula is C9H8OS6. The molecule has 0 spiro atoms. The molecule has 2 aliphatic rings. The molecule has 0 aromatic heterocycles. The van der Waals surface area contributed by atoms with Crippen LogP contribution in [0.3, 0.4) is 0 Å². The molecular weight excluding hydrogens is 316 g/mol. The molecule has 0 fully saturated rings.